The second-order valence-corrected chi connectivity index (χ2v) is 6.18. The smallest absolute Gasteiger partial charge is 0.255 e. The van der Waals surface area contributed by atoms with E-state index in [-0.39, 0.29) is 12.0 Å². The molecule has 2 aromatic carbocycles. The van der Waals surface area contributed by atoms with Crippen LogP contribution < -0.4 is 15.4 Å². The number of nitrogens with one attached hydrogen (secondary N) is 2. The number of ether oxygens (including phenoxy) is 1. The monoisotopic (exact) mass is 365 g/mol. The molecule has 0 aliphatic rings. The Morgan fingerprint density at radius 1 is 1.07 bits per heavy atom. The van der Waals surface area contributed by atoms with Gasteiger partial charge >= 0.3 is 0 Å². The highest BCUT2D eigenvalue weighted by Crippen LogP contribution is 2.27. The number of halogens is 1. The number of pyridine rings is 1. The molecular formula is C21H20FN3O2. The molecular weight excluding hydrogens is 345 g/mol. The van der Waals surface area contributed by atoms with Crippen molar-refractivity contribution >= 4 is 23.1 Å². The molecule has 0 aliphatic carbocycles. The Morgan fingerprint density at radius 2 is 1.89 bits per heavy atom. The van der Waals surface area contributed by atoms with Crippen LogP contribution in [0.5, 0.6) is 5.75 Å². The summed E-state index contributed by atoms with van der Waals surface area (Å²) >= 11 is 0. The van der Waals surface area contributed by atoms with Gasteiger partial charge < -0.3 is 15.4 Å². The number of carbonyl (C=O) groups excluding carboxylic acids is 1. The van der Waals surface area contributed by atoms with E-state index in [1.807, 2.05) is 38.1 Å². The summed E-state index contributed by atoms with van der Waals surface area (Å²) in [5.41, 5.74) is 1.54. The van der Waals surface area contributed by atoms with Gasteiger partial charge in [-0.2, -0.15) is 0 Å². The number of aromatic nitrogens is 1. The number of hydrogen-bond donors (Lipinski definition) is 2. The summed E-state index contributed by atoms with van der Waals surface area (Å²) in [6.07, 6.45) is 1.57. The lowest BCUT2D eigenvalue weighted by Crippen LogP contribution is -2.12. The minimum Gasteiger partial charge on any atom is -0.489 e. The van der Waals surface area contributed by atoms with Gasteiger partial charge in [-0.1, -0.05) is 18.2 Å². The van der Waals surface area contributed by atoms with Crippen molar-refractivity contribution in [2.24, 2.45) is 0 Å². The van der Waals surface area contributed by atoms with Crippen molar-refractivity contribution in [3.63, 3.8) is 0 Å². The average Bonchev–Trinajstić information content (AvgIpc) is 2.63. The molecule has 3 rings (SSSR count). The maximum absolute atomic E-state index is 13.3. The molecule has 27 heavy (non-hydrogen) atoms. The Labute approximate surface area is 157 Å². The maximum atomic E-state index is 13.3. The molecule has 0 aliphatic heterocycles. The lowest BCUT2D eigenvalue weighted by molar-refractivity contribution is 0.102. The highest BCUT2D eigenvalue weighted by molar-refractivity contribution is 6.04. The molecule has 0 bridgehead atoms. The van der Waals surface area contributed by atoms with Crippen LogP contribution in [0.1, 0.15) is 24.2 Å². The van der Waals surface area contributed by atoms with Gasteiger partial charge in [-0.3, -0.25) is 4.79 Å². The minimum absolute atomic E-state index is 0.0317. The van der Waals surface area contributed by atoms with Gasteiger partial charge in [-0.15, -0.1) is 0 Å². The summed E-state index contributed by atoms with van der Waals surface area (Å²) < 4.78 is 19.1. The molecule has 0 saturated heterocycles. The van der Waals surface area contributed by atoms with Crippen LogP contribution in [-0.4, -0.2) is 17.0 Å². The second kappa shape index (κ2) is 8.31. The number of carbonyl (C=O) groups is 1. The first-order chi connectivity index (χ1) is 13.0. The Kier molecular flexibility index (Phi) is 5.66. The van der Waals surface area contributed by atoms with Crippen LogP contribution >= 0.6 is 0 Å². The number of anilines is 3. The van der Waals surface area contributed by atoms with Gasteiger partial charge in [0.2, 0.25) is 0 Å². The lowest BCUT2D eigenvalue weighted by atomic mass is 10.2. The molecule has 0 unspecified atom stereocenters. The third-order valence-electron chi connectivity index (χ3n) is 3.62. The van der Waals surface area contributed by atoms with Gasteiger partial charge in [-0.25, -0.2) is 9.37 Å². The van der Waals surface area contributed by atoms with Gasteiger partial charge in [0.05, 0.1) is 11.8 Å². The van der Waals surface area contributed by atoms with E-state index in [9.17, 15) is 9.18 Å². The van der Waals surface area contributed by atoms with E-state index >= 15 is 0 Å². The second-order valence-electron chi connectivity index (χ2n) is 6.18. The number of amides is 1. The minimum atomic E-state index is -0.411. The first-order valence-electron chi connectivity index (χ1n) is 8.57. The molecule has 138 valence electrons. The Balaban J connectivity index is 1.77. The van der Waals surface area contributed by atoms with Crippen LogP contribution in [0.2, 0.25) is 0 Å². The third-order valence-corrected chi connectivity index (χ3v) is 3.62. The Hall–Kier alpha value is -3.41. The van der Waals surface area contributed by atoms with E-state index in [1.54, 1.807) is 18.2 Å². The van der Waals surface area contributed by atoms with Crippen LogP contribution in [0.4, 0.5) is 21.6 Å². The standard InChI is InChI=1S/C21H20FN3O2/c1-14(2)27-19-9-4-3-8-18(19)25-20-12-15(10-11-23-20)21(26)24-17-7-5-6-16(22)13-17/h3-14H,1-2H3,(H,23,25)(H,24,26). The number of para-hydroxylation sites is 2. The largest absolute Gasteiger partial charge is 0.489 e. The van der Waals surface area contributed by atoms with E-state index in [0.717, 1.165) is 5.69 Å². The zero-order chi connectivity index (χ0) is 19.2. The fourth-order valence-electron chi connectivity index (χ4n) is 2.47. The van der Waals surface area contributed by atoms with Crippen LogP contribution in [0.3, 0.4) is 0 Å². The number of hydrogen-bond acceptors (Lipinski definition) is 4. The van der Waals surface area contributed by atoms with Crippen LogP contribution in [0.15, 0.2) is 66.9 Å². The van der Waals surface area contributed by atoms with E-state index in [4.69, 9.17) is 4.74 Å². The van der Waals surface area contributed by atoms with Crippen molar-refractivity contribution in [1.29, 1.82) is 0 Å². The SMILES string of the molecule is CC(C)Oc1ccccc1Nc1cc(C(=O)Nc2cccc(F)c2)ccn1. The zero-order valence-corrected chi connectivity index (χ0v) is 15.1. The summed E-state index contributed by atoms with van der Waals surface area (Å²) in [6.45, 7) is 3.90. The summed E-state index contributed by atoms with van der Waals surface area (Å²) in [5, 5.41) is 5.84. The molecule has 0 radical (unpaired) electrons. The average molecular weight is 365 g/mol. The predicted molar refractivity (Wildman–Crippen MR) is 104 cm³/mol. The van der Waals surface area contributed by atoms with Gasteiger partial charge in [0, 0.05) is 17.4 Å². The van der Waals surface area contributed by atoms with Crippen LogP contribution in [0, 0.1) is 5.82 Å². The molecule has 0 fully saturated rings. The molecule has 1 aromatic heterocycles. The lowest BCUT2D eigenvalue weighted by Gasteiger charge is -2.15. The molecule has 5 nitrogen and oxygen atoms in total. The fourth-order valence-corrected chi connectivity index (χ4v) is 2.47. The van der Waals surface area contributed by atoms with Crippen molar-refractivity contribution in [2.75, 3.05) is 10.6 Å². The summed E-state index contributed by atoms with van der Waals surface area (Å²) in [5.74, 6) is 0.440. The van der Waals surface area contributed by atoms with Crippen molar-refractivity contribution in [3.05, 3.63) is 78.2 Å². The highest BCUT2D eigenvalue weighted by Gasteiger charge is 2.10. The van der Waals surface area contributed by atoms with Gasteiger partial charge in [-0.05, 0) is 56.3 Å². The van der Waals surface area contributed by atoms with E-state index < -0.39 is 5.82 Å². The van der Waals surface area contributed by atoms with Crippen molar-refractivity contribution in [1.82, 2.24) is 4.98 Å². The number of rotatable bonds is 6. The first kappa shape index (κ1) is 18.4. The molecule has 0 spiro atoms. The molecule has 3 aromatic rings. The van der Waals surface area contributed by atoms with Crippen molar-refractivity contribution in [2.45, 2.75) is 20.0 Å². The molecule has 0 saturated carbocycles. The molecule has 0 atom stereocenters. The van der Waals surface area contributed by atoms with Crippen LogP contribution in [-0.2, 0) is 0 Å². The normalized spacial score (nSPS) is 10.5. The van der Waals surface area contributed by atoms with E-state index in [2.05, 4.69) is 15.6 Å². The highest BCUT2D eigenvalue weighted by atomic mass is 19.1. The Morgan fingerprint density at radius 3 is 2.67 bits per heavy atom. The number of nitrogens with zero attached hydrogens (tertiary/aromatic N) is 1. The third kappa shape index (κ3) is 5.04. The fraction of sp³-hybridized carbons (Fsp3) is 0.143. The molecule has 6 heteroatoms. The van der Waals surface area contributed by atoms with Gasteiger partial charge in [0.25, 0.3) is 5.91 Å². The maximum Gasteiger partial charge on any atom is 0.255 e. The van der Waals surface area contributed by atoms with Crippen LogP contribution in [0.25, 0.3) is 0 Å². The van der Waals surface area contributed by atoms with Gasteiger partial charge in [0.15, 0.2) is 0 Å². The van der Waals surface area contributed by atoms with Crippen molar-refractivity contribution < 1.29 is 13.9 Å². The topological polar surface area (TPSA) is 63.2 Å². The quantitative estimate of drug-likeness (QED) is 0.645. The summed E-state index contributed by atoms with van der Waals surface area (Å²) in [4.78, 5) is 16.7. The summed E-state index contributed by atoms with van der Waals surface area (Å²) in [7, 11) is 0. The van der Waals surface area contributed by atoms with Crippen molar-refractivity contribution in [3.8, 4) is 5.75 Å². The van der Waals surface area contributed by atoms with Gasteiger partial charge in [0.1, 0.15) is 17.4 Å². The first-order valence-corrected chi connectivity index (χ1v) is 8.57. The summed E-state index contributed by atoms with van der Waals surface area (Å²) in [6, 6.07) is 16.5. The number of benzene rings is 2. The predicted octanol–water partition coefficient (Wildman–Crippen LogP) is 5.00. The molecule has 1 heterocycles. The van der Waals surface area contributed by atoms with E-state index in [0.29, 0.717) is 22.8 Å². The Bertz CT molecular complexity index is 944. The molecule has 2 N–H and O–H groups in total. The van der Waals surface area contributed by atoms with E-state index in [1.165, 1.54) is 24.4 Å². The molecule has 1 amide bonds. The zero-order valence-electron chi connectivity index (χ0n) is 15.1.